The number of carbonyl (C=O) groups excluding carboxylic acids is 2. The van der Waals surface area contributed by atoms with E-state index in [1.54, 1.807) is 18.4 Å². The number of esters is 1. The SMILES string of the molecule is COC(=O)c1c(C)[nH]c(C(=O)Cn2nc3n(c2=O)CCCCC3)c1C. The van der Waals surface area contributed by atoms with Crippen LogP contribution in [0.2, 0.25) is 0 Å². The molecule has 1 N–H and O–H groups in total. The molecular formula is C17H22N4O4. The van der Waals surface area contributed by atoms with Crippen molar-refractivity contribution < 1.29 is 14.3 Å². The Labute approximate surface area is 144 Å². The maximum absolute atomic E-state index is 12.7. The highest BCUT2D eigenvalue weighted by atomic mass is 16.5. The maximum atomic E-state index is 12.7. The Balaban J connectivity index is 1.89. The highest BCUT2D eigenvalue weighted by Gasteiger charge is 2.24. The smallest absolute Gasteiger partial charge is 0.346 e. The first kappa shape index (κ1) is 17.2. The Morgan fingerprint density at radius 1 is 1.24 bits per heavy atom. The van der Waals surface area contributed by atoms with Crippen LogP contribution in [0.5, 0.6) is 0 Å². The molecule has 25 heavy (non-hydrogen) atoms. The molecule has 1 aliphatic rings. The van der Waals surface area contributed by atoms with Crippen LogP contribution in [0.4, 0.5) is 0 Å². The minimum absolute atomic E-state index is 0.153. The van der Waals surface area contributed by atoms with Gasteiger partial charge in [0.15, 0.2) is 0 Å². The minimum Gasteiger partial charge on any atom is -0.465 e. The normalized spacial score (nSPS) is 14.0. The number of hydrogen-bond acceptors (Lipinski definition) is 5. The number of ether oxygens (including phenoxy) is 1. The number of fused-ring (bicyclic) bond motifs is 1. The Kier molecular flexibility index (Phi) is 4.61. The molecule has 0 bridgehead atoms. The van der Waals surface area contributed by atoms with Crippen molar-refractivity contribution in [3.05, 3.63) is 38.8 Å². The highest BCUT2D eigenvalue weighted by molar-refractivity contribution is 6.01. The molecule has 8 heteroatoms. The fourth-order valence-electron chi connectivity index (χ4n) is 3.38. The van der Waals surface area contributed by atoms with E-state index in [0.717, 1.165) is 31.5 Å². The topological polar surface area (TPSA) is 99.0 Å². The molecule has 2 aromatic rings. The van der Waals surface area contributed by atoms with Gasteiger partial charge in [0.2, 0.25) is 5.78 Å². The Morgan fingerprint density at radius 3 is 2.72 bits per heavy atom. The summed E-state index contributed by atoms with van der Waals surface area (Å²) in [6, 6.07) is 0. The summed E-state index contributed by atoms with van der Waals surface area (Å²) in [4.78, 5) is 39.9. The predicted molar refractivity (Wildman–Crippen MR) is 90.0 cm³/mol. The summed E-state index contributed by atoms with van der Waals surface area (Å²) < 4.78 is 7.63. The molecule has 3 heterocycles. The van der Waals surface area contributed by atoms with Gasteiger partial charge in [0.25, 0.3) is 0 Å². The van der Waals surface area contributed by atoms with Gasteiger partial charge in [-0.15, -0.1) is 0 Å². The lowest BCUT2D eigenvalue weighted by molar-refractivity contribution is 0.0599. The van der Waals surface area contributed by atoms with Crippen LogP contribution in [-0.2, 0) is 24.2 Å². The summed E-state index contributed by atoms with van der Waals surface area (Å²) in [7, 11) is 1.30. The van der Waals surface area contributed by atoms with Crippen molar-refractivity contribution in [2.75, 3.05) is 7.11 Å². The molecule has 0 aliphatic carbocycles. The van der Waals surface area contributed by atoms with Crippen LogP contribution >= 0.6 is 0 Å². The van der Waals surface area contributed by atoms with E-state index >= 15 is 0 Å². The zero-order valence-electron chi connectivity index (χ0n) is 14.7. The first-order valence-corrected chi connectivity index (χ1v) is 8.41. The molecule has 3 rings (SSSR count). The van der Waals surface area contributed by atoms with E-state index in [0.29, 0.717) is 29.1 Å². The molecule has 0 radical (unpaired) electrons. The zero-order chi connectivity index (χ0) is 18.1. The van der Waals surface area contributed by atoms with Crippen molar-refractivity contribution in [3.63, 3.8) is 0 Å². The van der Waals surface area contributed by atoms with E-state index in [9.17, 15) is 14.4 Å². The van der Waals surface area contributed by atoms with Gasteiger partial charge in [0, 0.05) is 18.7 Å². The number of nitrogens with one attached hydrogen (secondary N) is 1. The van der Waals surface area contributed by atoms with Crippen molar-refractivity contribution in [1.29, 1.82) is 0 Å². The van der Waals surface area contributed by atoms with Crippen LogP contribution in [0.3, 0.4) is 0 Å². The largest absolute Gasteiger partial charge is 0.465 e. The minimum atomic E-state index is -0.490. The lowest BCUT2D eigenvalue weighted by Gasteiger charge is -2.02. The second-order valence-electron chi connectivity index (χ2n) is 6.36. The van der Waals surface area contributed by atoms with Gasteiger partial charge in [-0.1, -0.05) is 6.42 Å². The summed E-state index contributed by atoms with van der Waals surface area (Å²) in [5, 5.41) is 4.33. The van der Waals surface area contributed by atoms with Gasteiger partial charge in [-0.25, -0.2) is 14.3 Å². The summed E-state index contributed by atoms with van der Waals surface area (Å²) in [5.74, 6) is -0.0350. The number of aromatic nitrogens is 4. The first-order valence-electron chi connectivity index (χ1n) is 8.41. The number of hydrogen-bond donors (Lipinski definition) is 1. The fraction of sp³-hybridized carbons (Fsp3) is 0.529. The highest BCUT2D eigenvalue weighted by Crippen LogP contribution is 2.19. The Hall–Kier alpha value is -2.64. The van der Waals surface area contributed by atoms with Crippen LogP contribution in [0, 0.1) is 13.8 Å². The van der Waals surface area contributed by atoms with Crippen LogP contribution in [0.15, 0.2) is 4.79 Å². The van der Waals surface area contributed by atoms with Gasteiger partial charge in [0.1, 0.15) is 12.4 Å². The van der Waals surface area contributed by atoms with Crippen LogP contribution in [-0.4, -0.2) is 38.2 Å². The number of aryl methyl sites for hydroxylation is 2. The monoisotopic (exact) mass is 346 g/mol. The van der Waals surface area contributed by atoms with Gasteiger partial charge in [-0.3, -0.25) is 9.36 Å². The molecule has 2 aromatic heterocycles. The van der Waals surface area contributed by atoms with Crippen molar-refractivity contribution in [3.8, 4) is 0 Å². The predicted octanol–water partition coefficient (Wildman–Crippen LogP) is 1.39. The molecule has 0 spiro atoms. The second-order valence-corrected chi connectivity index (χ2v) is 6.36. The number of nitrogens with zero attached hydrogens (tertiary/aromatic N) is 3. The Morgan fingerprint density at radius 2 is 2.00 bits per heavy atom. The summed E-state index contributed by atoms with van der Waals surface area (Å²) in [6.07, 6.45) is 3.79. The quantitative estimate of drug-likeness (QED) is 0.666. The molecule has 0 atom stereocenters. The van der Waals surface area contributed by atoms with Crippen LogP contribution in [0.1, 0.15) is 57.2 Å². The maximum Gasteiger partial charge on any atom is 0.346 e. The lowest BCUT2D eigenvalue weighted by Crippen LogP contribution is -2.28. The van der Waals surface area contributed by atoms with Crippen molar-refractivity contribution in [2.45, 2.75) is 52.6 Å². The molecular weight excluding hydrogens is 324 g/mol. The third-order valence-corrected chi connectivity index (χ3v) is 4.68. The average molecular weight is 346 g/mol. The van der Waals surface area contributed by atoms with Gasteiger partial charge < -0.3 is 9.72 Å². The summed E-state index contributed by atoms with van der Waals surface area (Å²) in [5.41, 5.74) is 1.52. The van der Waals surface area contributed by atoms with Crippen molar-refractivity contribution >= 4 is 11.8 Å². The van der Waals surface area contributed by atoms with Crippen LogP contribution in [0.25, 0.3) is 0 Å². The van der Waals surface area contributed by atoms with Crippen LogP contribution < -0.4 is 5.69 Å². The van der Waals surface area contributed by atoms with Gasteiger partial charge in [-0.05, 0) is 32.3 Å². The van der Waals surface area contributed by atoms with E-state index in [1.165, 1.54) is 11.8 Å². The van der Waals surface area contributed by atoms with E-state index < -0.39 is 5.97 Å². The van der Waals surface area contributed by atoms with Crippen molar-refractivity contribution in [1.82, 2.24) is 19.3 Å². The van der Waals surface area contributed by atoms with E-state index in [4.69, 9.17) is 4.74 Å². The molecule has 0 amide bonds. The molecule has 1 aliphatic heterocycles. The number of H-pyrrole nitrogens is 1. The summed E-state index contributed by atoms with van der Waals surface area (Å²) >= 11 is 0. The third-order valence-electron chi connectivity index (χ3n) is 4.68. The number of methoxy groups -OCH3 is 1. The average Bonchev–Trinajstić information content (AvgIpc) is 2.92. The van der Waals surface area contributed by atoms with E-state index in [-0.39, 0.29) is 18.0 Å². The number of rotatable bonds is 4. The zero-order valence-corrected chi connectivity index (χ0v) is 14.7. The number of ketones is 1. The molecule has 0 aromatic carbocycles. The van der Waals surface area contributed by atoms with Crippen molar-refractivity contribution in [2.24, 2.45) is 0 Å². The van der Waals surface area contributed by atoms with E-state index in [1.807, 2.05) is 0 Å². The first-order chi connectivity index (χ1) is 11.9. The lowest BCUT2D eigenvalue weighted by atomic mass is 10.1. The second kappa shape index (κ2) is 6.70. The summed E-state index contributed by atoms with van der Waals surface area (Å²) in [6.45, 7) is 3.89. The van der Waals surface area contributed by atoms with E-state index in [2.05, 4.69) is 10.1 Å². The number of carbonyl (C=O) groups is 2. The number of Topliss-reactive ketones (excluding diaryl/α,β-unsaturated/α-hetero) is 1. The van der Waals surface area contributed by atoms with Gasteiger partial charge in [-0.2, -0.15) is 5.10 Å². The fourth-order valence-corrected chi connectivity index (χ4v) is 3.38. The molecule has 8 nitrogen and oxygen atoms in total. The molecule has 0 fully saturated rings. The van der Waals surface area contributed by atoms with Gasteiger partial charge in [0.05, 0.1) is 18.4 Å². The Bertz CT molecular complexity index is 887. The molecule has 0 unspecified atom stereocenters. The molecule has 0 saturated carbocycles. The third kappa shape index (κ3) is 3.04. The molecule has 0 saturated heterocycles. The number of aromatic amines is 1. The van der Waals surface area contributed by atoms with Gasteiger partial charge >= 0.3 is 11.7 Å². The standard InChI is InChI=1S/C17H22N4O4/c1-10-14(16(23)25-3)11(2)18-15(10)12(22)9-21-17(24)20-8-6-4-5-7-13(20)19-21/h18H,4-9H2,1-3H3. The molecule has 134 valence electrons.